The zero-order chi connectivity index (χ0) is 14.3. The second-order valence-electron chi connectivity index (χ2n) is 4.29. The Kier molecular flexibility index (Phi) is 5.93. The lowest BCUT2D eigenvalue weighted by Gasteiger charge is -2.09. The Labute approximate surface area is 114 Å². The van der Waals surface area contributed by atoms with Gasteiger partial charge in [0.25, 0.3) is 0 Å². The van der Waals surface area contributed by atoms with Crippen molar-refractivity contribution in [2.75, 3.05) is 20.8 Å². The lowest BCUT2D eigenvalue weighted by Crippen LogP contribution is -2.17. The highest BCUT2D eigenvalue weighted by atomic mass is 16.5. The van der Waals surface area contributed by atoms with Crippen molar-refractivity contribution in [1.82, 2.24) is 0 Å². The van der Waals surface area contributed by atoms with Crippen molar-refractivity contribution in [3.63, 3.8) is 0 Å². The summed E-state index contributed by atoms with van der Waals surface area (Å²) in [7, 11) is 3.01. The predicted octanol–water partition coefficient (Wildman–Crippen LogP) is 2.88. The van der Waals surface area contributed by atoms with Gasteiger partial charge in [-0.15, -0.1) is 0 Å². The average Bonchev–Trinajstić information content (AvgIpc) is 2.46. The van der Waals surface area contributed by atoms with Gasteiger partial charge in [0.1, 0.15) is 12.4 Å². The molecule has 0 heterocycles. The molecule has 1 aromatic rings. The van der Waals surface area contributed by atoms with Gasteiger partial charge in [-0.3, -0.25) is 4.79 Å². The van der Waals surface area contributed by atoms with Crippen molar-refractivity contribution in [3.8, 4) is 5.75 Å². The van der Waals surface area contributed by atoms with Gasteiger partial charge in [-0.1, -0.05) is 12.1 Å². The predicted molar refractivity (Wildman–Crippen MR) is 73.8 cm³/mol. The van der Waals surface area contributed by atoms with E-state index in [2.05, 4.69) is 4.74 Å². The fraction of sp³-hybridized carbons (Fsp3) is 0.400. The van der Waals surface area contributed by atoms with Gasteiger partial charge in [-0.25, -0.2) is 0 Å². The topological polar surface area (TPSA) is 44.8 Å². The number of carbonyl (C=O) groups is 1. The van der Waals surface area contributed by atoms with E-state index in [1.165, 1.54) is 7.11 Å². The molecule has 4 nitrogen and oxygen atoms in total. The van der Waals surface area contributed by atoms with Gasteiger partial charge in [-0.05, 0) is 37.1 Å². The van der Waals surface area contributed by atoms with Gasteiger partial charge in [0.15, 0.2) is 0 Å². The molecular weight excluding hydrogens is 244 g/mol. The van der Waals surface area contributed by atoms with Gasteiger partial charge in [0.05, 0.1) is 26.4 Å². The van der Waals surface area contributed by atoms with Crippen LogP contribution in [-0.4, -0.2) is 26.8 Å². The van der Waals surface area contributed by atoms with Crippen LogP contribution in [0, 0.1) is 5.92 Å². The normalized spacial score (nSPS) is 12.7. The molecule has 0 bridgehead atoms. The SMILES string of the molecule is COC(=O)C(C)COC=C(C)c1ccc(OC)cc1. The first-order valence-corrected chi connectivity index (χ1v) is 6.09. The Morgan fingerprint density at radius 2 is 1.89 bits per heavy atom. The van der Waals surface area contributed by atoms with Crippen molar-refractivity contribution in [2.24, 2.45) is 5.92 Å². The van der Waals surface area contributed by atoms with Crippen LogP contribution in [0.2, 0.25) is 0 Å². The summed E-state index contributed by atoms with van der Waals surface area (Å²) in [5.41, 5.74) is 2.03. The second-order valence-corrected chi connectivity index (χ2v) is 4.29. The zero-order valence-electron chi connectivity index (χ0n) is 11.8. The largest absolute Gasteiger partial charge is 0.500 e. The van der Waals surface area contributed by atoms with E-state index < -0.39 is 0 Å². The third-order valence-electron chi connectivity index (χ3n) is 2.76. The van der Waals surface area contributed by atoms with Crippen LogP contribution >= 0.6 is 0 Å². The smallest absolute Gasteiger partial charge is 0.311 e. The third kappa shape index (κ3) is 4.66. The lowest BCUT2D eigenvalue weighted by molar-refractivity contribution is -0.146. The maximum Gasteiger partial charge on any atom is 0.311 e. The van der Waals surface area contributed by atoms with E-state index in [4.69, 9.17) is 9.47 Å². The molecule has 1 aromatic carbocycles. The molecule has 0 aliphatic heterocycles. The van der Waals surface area contributed by atoms with Crippen LogP contribution in [-0.2, 0) is 14.3 Å². The number of esters is 1. The van der Waals surface area contributed by atoms with Crippen LogP contribution in [0.5, 0.6) is 5.75 Å². The minimum absolute atomic E-state index is 0.268. The van der Waals surface area contributed by atoms with Crippen molar-refractivity contribution < 1.29 is 19.0 Å². The molecule has 0 saturated carbocycles. The fourth-order valence-electron chi connectivity index (χ4n) is 1.51. The van der Waals surface area contributed by atoms with Crippen molar-refractivity contribution in [1.29, 1.82) is 0 Å². The molecule has 1 atom stereocenters. The van der Waals surface area contributed by atoms with Gasteiger partial charge in [-0.2, -0.15) is 0 Å². The summed E-state index contributed by atoms with van der Waals surface area (Å²) in [6, 6.07) is 7.70. The Balaban J connectivity index is 2.54. The van der Waals surface area contributed by atoms with Crippen LogP contribution in [0.15, 0.2) is 30.5 Å². The maximum absolute atomic E-state index is 11.2. The molecule has 0 aromatic heterocycles. The summed E-state index contributed by atoms with van der Waals surface area (Å²) in [6.07, 6.45) is 1.65. The quantitative estimate of drug-likeness (QED) is 0.585. The number of carbonyl (C=O) groups excluding carboxylic acids is 1. The second kappa shape index (κ2) is 7.46. The number of hydrogen-bond acceptors (Lipinski definition) is 4. The number of hydrogen-bond donors (Lipinski definition) is 0. The highest BCUT2D eigenvalue weighted by Gasteiger charge is 2.12. The summed E-state index contributed by atoms with van der Waals surface area (Å²) in [5, 5.41) is 0. The van der Waals surface area contributed by atoms with E-state index in [0.717, 1.165) is 16.9 Å². The average molecular weight is 264 g/mol. The van der Waals surface area contributed by atoms with Gasteiger partial charge in [0.2, 0.25) is 0 Å². The first-order chi connectivity index (χ1) is 9.08. The first-order valence-electron chi connectivity index (χ1n) is 6.09. The van der Waals surface area contributed by atoms with Crippen molar-refractivity contribution >= 4 is 11.5 Å². The molecule has 0 radical (unpaired) electrons. The van der Waals surface area contributed by atoms with Crippen molar-refractivity contribution in [2.45, 2.75) is 13.8 Å². The molecule has 4 heteroatoms. The Morgan fingerprint density at radius 3 is 2.42 bits per heavy atom. The van der Waals surface area contributed by atoms with E-state index in [-0.39, 0.29) is 11.9 Å². The van der Waals surface area contributed by atoms with E-state index in [1.54, 1.807) is 20.3 Å². The van der Waals surface area contributed by atoms with Gasteiger partial charge in [0, 0.05) is 0 Å². The fourth-order valence-corrected chi connectivity index (χ4v) is 1.51. The van der Waals surface area contributed by atoms with Crippen LogP contribution in [0.25, 0.3) is 5.57 Å². The molecule has 0 amide bonds. The van der Waals surface area contributed by atoms with Crippen LogP contribution < -0.4 is 4.74 Å². The molecule has 19 heavy (non-hydrogen) atoms. The molecule has 0 fully saturated rings. The first kappa shape index (κ1) is 15.1. The molecule has 1 rings (SSSR count). The standard InChI is InChI=1S/C15H20O4/c1-11(9-19-10-12(2)15(16)18-4)13-5-7-14(17-3)8-6-13/h5-9,12H,10H2,1-4H3. The Hall–Kier alpha value is -1.97. The Bertz CT molecular complexity index is 434. The molecule has 0 aliphatic carbocycles. The zero-order valence-corrected chi connectivity index (χ0v) is 11.8. The number of benzene rings is 1. The highest BCUT2D eigenvalue weighted by molar-refractivity contribution is 5.72. The maximum atomic E-state index is 11.2. The molecule has 1 unspecified atom stereocenters. The minimum atomic E-state index is -0.273. The van der Waals surface area contributed by atoms with E-state index in [0.29, 0.717) is 6.61 Å². The lowest BCUT2D eigenvalue weighted by atomic mass is 10.1. The molecule has 0 spiro atoms. The summed E-state index contributed by atoms with van der Waals surface area (Å²) < 4.78 is 15.1. The monoisotopic (exact) mass is 264 g/mol. The number of allylic oxidation sites excluding steroid dienone is 1. The molecule has 0 aliphatic rings. The van der Waals surface area contributed by atoms with Crippen molar-refractivity contribution in [3.05, 3.63) is 36.1 Å². The molecular formula is C15H20O4. The van der Waals surface area contributed by atoms with Crippen LogP contribution in [0.3, 0.4) is 0 Å². The summed E-state index contributed by atoms with van der Waals surface area (Å²) >= 11 is 0. The summed E-state index contributed by atoms with van der Waals surface area (Å²) in [6.45, 7) is 4.02. The van der Waals surface area contributed by atoms with E-state index >= 15 is 0 Å². The molecule has 0 saturated heterocycles. The summed E-state index contributed by atoms with van der Waals surface area (Å²) in [5.74, 6) is 0.275. The van der Waals surface area contributed by atoms with Crippen LogP contribution in [0.1, 0.15) is 19.4 Å². The van der Waals surface area contributed by atoms with E-state index in [1.807, 2.05) is 31.2 Å². The number of rotatable bonds is 6. The van der Waals surface area contributed by atoms with Gasteiger partial charge >= 0.3 is 5.97 Å². The Morgan fingerprint density at radius 1 is 1.26 bits per heavy atom. The van der Waals surface area contributed by atoms with E-state index in [9.17, 15) is 4.79 Å². The summed E-state index contributed by atoms with van der Waals surface area (Å²) in [4.78, 5) is 11.2. The molecule has 104 valence electrons. The third-order valence-corrected chi connectivity index (χ3v) is 2.76. The number of ether oxygens (including phenoxy) is 3. The van der Waals surface area contributed by atoms with Crippen LogP contribution in [0.4, 0.5) is 0 Å². The highest BCUT2D eigenvalue weighted by Crippen LogP contribution is 2.18. The number of methoxy groups -OCH3 is 2. The van der Waals surface area contributed by atoms with Gasteiger partial charge < -0.3 is 14.2 Å². The minimum Gasteiger partial charge on any atom is -0.500 e. The molecule has 0 N–H and O–H groups in total.